The summed E-state index contributed by atoms with van der Waals surface area (Å²) >= 11 is 6.21. The molecule has 0 amide bonds. The van der Waals surface area contributed by atoms with Gasteiger partial charge in [0.05, 0.1) is 5.75 Å². The first-order chi connectivity index (χ1) is 9.99. The summed E-state index contributed by atoms with van der Waals surface area (Å²) in [5.41, 5.74) is 1.15. The Hall–Kier alpha value is -0.620. The molecular weight excluding hydrogens is 308 g/mol. The van der Waals surface area contributed by atoms with Crippen LogP contribution in [-0.2, 0) is 16.6 Å². The lowest BCUT2D eigenvalue weighted by molar-refractivity contribution is 0.290. The van der Waals surface area contributed by atoms with Crippen LogP contribution in [0.2, 0.25) is 5.02 Å². The number of halogens is 1. The largest absolute Gasteiger partial charge is 0.298 e. The molecular formula is C15H21ClN2O2S. The Kier molecular flexibility index (Phi) is 4.28. The molecule has 2 heterocycles. The summed E-state index contributed by atoms with van der Waals surface area (Å²) in [6.45, 7) is 5.86. The van der Waals surface area contributed by atoms with Gasteiger partial charge in [-0.3, -0.25) is 4.90 Å². The molecule has 6 heteroatoms. The van der Waals surface area contributed by atoms with Crippen LogP contribution in [0.5, 0.6) is 0 Å². The van der Waals surface area contributed by atoms with Crippen molar-refractivity contribution in [2.24, 2.45) is 11.8 Å². The molecule has 0 radical (unpaired) electrons. The van der Waals surface area contributed by atoms with Gasteiger partial charge in [-0.05, 0) is 30.4 Å². The van der Waals surface area contributed by atoms with Gasteiger partial charge in [0.2, 0.25) is 10.0 Å². The fraction of sp³-hybridized carbons (Fsp3) is 0.600. The number of sulfonamides is 1. The zero-order valence-electron chi connectivity index (χ0n) is 12.2. The monoisotopic (exact) mass is 328 g/mol. The maximum Gasteiger partial charge on any atom is 0.213 e. The Labute approximate surface area is 131 Å². The average molecular weight is 329 g/mol. The van der Waals surface area contributed by atoms with Crippen molar-refractivity contribution < 1.29 is 8.42 Å². The molecule has 0 spiro atoms. The van der Waals surface area contributed by atoms with Crippen molar-refractivity contribution in [3.63, 3.8) is 0 Å². The summed E-state index contributed by atoms with van der Waals surface area (Å²) in [5, 5.41) is 0.810. The summed E-state index contributed by atoms with van der Waals surface area (Å²) in [4.78, 5) is 2.40. The number of nitrogens with zero attached hydrogens (tertiary/aromatic N) is 2. The lowest BCUT2D eigenvalue weighted by Gasteiger charge is -2.21. The maximum absolute atomic E-state index is 11.9. The van der Waals surface area contributed by atoms with E-state index in [1.54, 1.807) is 11.2 Å². The van der Waals surface area contributed by atoms with Crippen LogP contribution in [0, 0.1) is 11.8 Å². The van der Waals surface area contributed by atoms with Crippen LogP contribution in [0.3, 0.4) is 0 Å². The highest BCUT2D eigenvalue weighted by Crippen LogP contribution is 2.33. The molecule has 0 unspecified atom stereocenters. The summed E-state index contributed by atoms with van der Waals surface area (Å²) in [5.74, 6) is 1.14. The molecule has 2 aliphatic heterocycles. The zero-order chi connectivity index (χ0) is 15.0. The second-order valence-corrected chi connectivity index (χ2v) is 8.69. The van der Waals surface area contributed by atoms with Crippen molar-refractivity contribution >= 4 is 21.6 Å². The third kappa shape index (κ3) is 3.11. The molecule has 116 valence electrons. The van der Waals surface area contributed by atoms with Gasteiger partial charge in [-0.2, -0.15) is 0 Å². The molecule has 0 aromatic heterocycles. The minimum absolute atomic E-state index is 0.204. The molecule has 3 rings (SSSR count). The van der Waals surface area contributed by atoms with Crippen LogP contribution in [0.1, 0.15) is 12.5 Å². The van der Waals surface area contributed by atoms with E-state index in [0.29, 0.717) is 24.9 Å². The van der Waals surface area contributed by atoms with E-state index in [-0.39, 0.29) is 5.75 Å². The molecule has 0 bridgehead atoms. The van der Waals surface area contributed by atoms with E-state index in [1.807, 2.05) is 18.2 Å². The lowest BCUT2D eigenvalue weighted by Crippen LogP contribution is -2.34. The first-order valence-electron chi connectivity index (χ1n) is 7.43. The molecule has 1 aromatic carbocycles. The Balaban J connectivity index is 1.61. The van der Waals surface area contributed by atoms with Crippen LogP contribution in [0.15, 0.2) is 24.3 Å². The second kappa shape index (κ2) is 5.88. The van der Waals surface area contributed by atoms with Gasteiger partial charge >= 0.3 is 0 Å². The van der Waals surface area contributed by atoms with Crippen molar-refractivity contribution in [3.05, 3.63) is 34.9 Å². The van der Waals surface area contributed by atoms with Crippen LogP contribution >= 0.6 is 11.6 Å². The topological polar surface area (TPSA) is 40.6 Å². The second-order valence-electron chi connectivity index (χ2n) is 6.02. The normalized spacial score (nSPS) is 27.1. The Morgan fingerprint density at radius 3 is 2.33 bits per heavy atom. The Bertz CT molecular complexity index is 606. The van der Waals surface area contributed by atoms with Gasteiger partial charge in [-0.15, -0.1) is 0 Å². The third-order valence-electron chi connectivity index (χ3n) is 4.64. The molecule has 2 atom stereocenters. The zero-order valence-corrected chi connectivity index (χ0v) is 13.8. The van der Waals surface area contributed by atoms with Crippen molar-refractivity contribution in [2.75, 3.05) is 31.9 Å². The van der Waals surface area contributed by atoms with Gasteiger partial charge in [0.1, 0.15) is 0 Å². The number of benzene rings is 1. The van der Waals surface area contributed by atoms with Crippen LogP contribution in [0.4, 0.5) is 0 Å². The van der Waals surface area contributed by atoms with E-state index < -0.39 is 10.0 Å². The van der Waals surface area contributed by atoms with E-state index in [2.05, 4.69) is 11.0 Å². The predicted molar refractivity (Wildman–Crippen MR) is 84.7 cm³/mol. The summed E-state index contributed by atoms with van der Waals surface area (Å²) < 4.78 is 25.6. The van der Waals surface area contributed by atoms with Crippen LogP contribution in [-0.4, -0.2) is 49.6 Å². The maximum atomic E-state index is 11.9. The number of fused-ring (bicyclic) bond motifs is 1. The van der Waals surface area contributed by atoms with Crippen molar-refractivity contribution in [1.29, 1.82) is 0 Å². The van der Waals surface area contributed by atoms with E-state index in [9.17, 15) is 8.42 Å². The van der Waals surface area contributed by atoms with Gasteiger partial charge in [0.25, 0.3) is 0 Å². The molecule has 4 nitrogen and oxygen atoms in total. The number of rotatable bonds is 4. The molecule has 2 aliphatic rings. The number of hydrogen-bond acceptors (Lipinski definition) is 3. The predicted octanol–water partition coefficient (Wildman–Crippen LogP) is 2.05. The van der Waals surface area contributed by atoms with E-state index in [0.717, 1.165) is 30.2 Å². The minimum Gasteiger partial charge on any atom is -0.298 e. The SMILES string of the molecule is CCS(=O)(=O)N1C[C@H]2CN(Cc3ccccc3Cl)C[C@@H]2C1. The fourth-order valence-corrected chi connectivity index (χ4v) is 4.85. The Morgan fingerprint density at radius 1 is 1.14 bits per heavy atom. The summed E-state index contributed by atoms with van der Waals surface area (Å²) in [6, 6.07) is 7.93. The molecule has 0 N–H and O–H groups in total. The van der Waals surface area contributed by atoms with Crippen molar-refractivity contribution in [2.45, 2.75) is 13.5 Å². The minimum atomic E-state index is -3.03. The fourth-order valence-electron chi connectivity index (χ4n) is 3.45. The molecule has 0 saturated carbocycles. The number of hydrogen-bond donors (Lipinski definition) is 0. The highest BCUT2D eigenvalue weighted by atomic mass is 35.5. The standard InChI is InChI=1S/C15H21ClN2O2S/c1-2-21(19,20)18-10-13-8-17(9-14(13)11-18)7-12-5-3-4-6-15(12)16/h3-6,13-14H,2,7-11H2,1H3/t13-,14-/m1/s1. The number of likely N-dealkylation sites (tertiary alicyclic amines) is 1. The highest BCUT2D eigenvalue weighted by molar-refractivity contribution is 7.89. The molecule has 1 aromatic rings. The van der Waals surface area contributed by atoms with Gasteiger partial charge in [-0.1, -0.05) is 29.8 Å². The summed E-state index contributed by atoms with van der Waals surface area (Å²) in [6.07, 6.45) is 0. The van der Waals surface area contributed by atoms with E-state index >= 15 is 0 Å². The summed E-state index contributed by atoms with van der Waals surface area (Å²) in [7, 11) is -3.03. The van der Waals surface area contributed by atoms with Gasteiger partial charge < -0.3 is 0 Å². The van der Waals surface area contributed by atoms with Crippen molar-refractivity contribution in [1.82, 2.24) is 9.21 Å². The molecule has 21 heavy (non-hydrogen) atoms. The molecule has 2 fully saturated rings. The lowest BCUT2D eigenvalue weighted by atomic mass is 10.0. The van der Waals surface area contributed by atoms with Crippen LogP contribution in [0.25, 0.3) is 0 Å². The Morgan fingerprint density at radius 2 is 1.76 bits per heavy atom. The first-order valence-corrected chi connectivity index (χ1v) is 9.42. The van der Waals surface area contributed by atoms with Gasteiger partial charge in [0.15, 0.2) is 0 Å². The van der Waals surface area contributed by atoms with Gasteiger partial charge in [0, 0.05) is 37.7 Å². The van der Waals surface area contributed by atoms with Crippen LogP contribution < -0.4 is 0 Å². The van der Waals surface area contributed by atoms with Gasteiger partial charge in [-0.25, -0.2) is 12.7 Å². The highest BCUT2D eigenvalue weighted by Gasteiger charge is 2.43. The molecule has 0 aliphatic carbocycles. The van der Waals surface area contributed by atoms with E-state index in [1.165, 1.54) is 0 Å². The third-order valence-corrected chi connectivity index (χ3v) is 6.82. The first kappa shape index (κ1) is 15.3. The average Bonchev–Trinajstić information content (AvgIpc) is 3.00. The van der Waals surface area contributed by atoms with E-state index in [4.69, 9.17) is 11.6 Å². The molecule has 2 saturated heterocycles. The van der Waals surface area contributed by atoms with Crippen molar-refractivity contribution in [3.8, 4) is 0 Å². The quantitative estimate of drug-likeness (QED) is 0.849. The smallest absolute Gasteiger partial charge is 0.213 e.